The molecule has 1 heterocycles. The van der Waals surface area contributed by atoms with Crippen LogP contribution < -0.4 is 10.6 Å². The summed E-state index contributed by atoms with van der Waals surface area (Å²) in [6, 6.07) is 25.7. The minimum atomic E-state index is -0.124. The lowest BCUT2D eigenvalue weighted by molar-refractivity contribution is 0.102. The normalized spacial score (nSPS) is 11.1. The molecule has 0 aliphatic rings. The van der Waals surface area contributed by atoms with Crippen molar-refractivity contribution in [3.8, 4) is 0 Å². The Hall–Kier alpha value is -3.57. The van der Waals surface area contributed by atoms with Gasteiger partial charge in [0.2, 0.25) is 0 Å². The summed E-state index contributed by atoms with van der Waals surface area (Å²) in [7, 11) is 4.22. The quantitative estimate of drug-likeness (QED) is 0.369. The van der Waals surface area contributed by atoms with Crippen molar-refractivity contribution in [2.75, 3.05) is 31.3 Å². The van der Waals surface area contributed by atoms with E-state index in [2.05, 4.69) is 65.4 Å². The van der Waals surface area contributed by atoms with E-state index in [-0.39, 0.29) is 5.91 Å². The molecule has 0 radical (unpaired) electrons. The van der Waals surface area contributed by atoms with Crippen molar-refractivity contribution in [3.05, 3.63) is 90.1 Å². The van der Waals surface area contributed by atoms with Crippen molar-refractivity contribution in [2.24, 2.45) is 0 Å². The third kappa shape index (κ3) is 5.18. The Morgan fingerprint density at radius 2 is 1.62 bits per heavy atom. The van der Waals surface area contributed by atoms with Crippen LogP contribution in [0.3, 0.4) is 0 Å². The number of para-hydroxylation sites is 1. The number of aryl methyl sites for hydroxylation is 2. The number of rotatable bonds is 8. The van der Waals surface area contributed by atoms with Gasteiger partial charge in [0.25, 0.3) is 5.91 Å². The number of benzene rings is 3. The highest BCUT2D eigenvalue weighted by molar-refractivity contribution is 6.04. The Bertz CT molecular complexity index is 1210. The number of fused-ring (bicyclic) bond motifs is 1. The third-order valence-corrected chi connectivity index (χ3v) is 5.54. The zero-order valence-corrected chi connectivity index (χ0v) is 18.9. The highest BCUT2D eigenvalue weighted by atomic mass is 16.1. The SMILES string of the molecule is Cc1cc2cc(Nc3cccc(C(=O)Nc4ccccc4)c3)ccc2n1CCCN(C)C. The van der Waals surface area contributed by atoms with E-state index in [1.807, 2.05) is 54.6 Å². The third-order valence-electron chi connectivity index (χ3n) is 5.54. The highest BCUT2D eigenvalue weighted by Crippen LogP contribution is 2.26. The molecule has 0 aliphatic carbocycles. The molecule has 0 saturated carbocycles. The summed E-state index contributed by atoms with van der Waals surface area (Å²) in [5, 5.41) is 7.60. The van der Waals surface area contributed by atoms with Gasteiger partial charge in [-0.3, -0.25) is 4.79 Å². The van der Waals surface area contributed by atoms with Gasteiger partial charge in [-0.05, 0) is 88.6 Å². The number of hydrogen-bond donors (Lipinski definition) is 2. The van der Waals surface area contributed by atoms with Gasteiger partial charge in [-0.2, -0.15) is 0 Å². The average molecular weight is 427 g/mol. The van der Waals surface area contributed by atoms with Crippen molar-refractivity contribution in [3.63, 3.8) is 0 Å². The van der Waals surface area contributed by atoms with E-state index in [9.17, 15) is 4.79 Å². The Balaban J connectivity index is 1.48. The number of nitrogens with one attached hydrogen (secondary N) is 2. The van der Waals surface area contributed by atoms with Gasteiger partial charge in [0.1, 0.15) is 0 Å². The van der Waals surface area contributed by atoms with Gasteiger partial charge in [0, 0.05) is 45.8 Å². The second-order valence-electron chi connectivity index (χ2n) is 8.39. The van der Waals surface area contributed by atoms with Crippen LogP contribution in [0, 0.1) is 6.92 Å². The first-order valence-corrected chi connectivity index (χ1v) is 11.0. The predicted octanol–water partition coefficient (Wildman–Crippen LogP) is 5.90. The molecule has 164 valence electrons. The molecule has 32 heavy (non-hydrogen) atoms. The molecule has 1 amide bonds. The fraction of sp³-hybridized carbons (Fsp3) is 0.222. The molecule has 0 bridgehead atoms. The molecular weight excluding hydrogens is 396 g/mol. The average Bonchev–Trinajstić information content (AvgIpc) is 3.09. The van der Waals surface area contributed by atoms with Crippen LogP contribution in [0.25, 0.3) is 10.9 Å². The first-order valence-electron chi connectivity index (χ1n) is 11.0. The zero-order chi connectivity index (χ0) is 22.5. The maximum Gasteiger partial charge on any atom is 0.255 e. The predicted molar refractivity (Wildman–Crippen MR) is 134 cm³/mol. The molecule has 1 aromatic heterocycles. The van der Waals surface area contributed by atoms with Crippen LogP contribution >= 0.6 is 0 Å². The van der Waals surface area contributed by atoms with Gasteiger partial charge < -0.3 is 20.1 Å². The van der Waals surface area contributed by atoms with Crippen LogP contribution in [-0.2, 0) is 6.54 Å². The van der Waals surface area contributed by atoms with Crippen LogP contribution in [0.2, 0.25) is 0 Å². The molecule has 4 rings (SSSR count). The summed E-state index contributed by atoms with van der Waals surface area (Å²) in [5.41, 5.74) is 5.81. The summed E-state index contributed by atoms with van der Waals surface area (Å²) in [6.45, 7) is 4.25. The molecule has 5 heteroatoms. The fourth-order valence-corrected chi connectivity index (χ4v) is 3.96. The highest BCUT2D eigenvalue weighted by Gasteiger charge is 2.09. The number of aromatic nitrogens is 1. The van der Waals surface area contributed by atoms with Crippen LogP contribution in [0.5, 0.6) is 0 Å². The lowest BCUT2D eigenvalue weighted by atomic mass is 10.1. The number of anilines is 3. The smallest absolute Gasteiger partial charge is 0.255 e. The van der Waals surface area contributed by atoms with E-state index < -0.39 is 0 Å². The van der Waals surface area contributed by atoms with E-state index in [0.717, 1.165) is 36.6 Å². The fourth-order valence-electron chi connectivity index (χ4n) is 3.96. The summed E-state index contributed by atoms with van der Waals surface area (Å²) in [6.07, 6.45) is 1.12. The van der Waals surface area contributed by atoms with Gasteiger partial charge >= 0.3 is 0 Å². The van der Waals surface area contributed by atoms with Crippen molar-refractivity contribution >= 4 is 33.9 Å². The van der Waals surface area contributed by atoms with Crippen LogP contribution in [0.1, 0.15) is 22.5 Å². The molecule has 5 nitrogen and oxygen atoms in total. The molecule has 0 unspecified atom stereocenters. The van der Waals surface area contributed by atoms with Gasteiger partial charge in [0.05, 0.1) is 0 Å². The zero-order valence-electron chi connectivity index (χ0n) is 18.9. The lowest BCUT2D eigenvalue weighted by Gasteiger charge is -2.12. The minimum Gasteiger partial charge on any atom is -0.355 e. The van der Waals surface area contributed by atoms with Crippen molar-refractivity contribution in [2.45, 2.75) is 19.9 Å². The van der Waals surface area contributed by atoms with Crippen molar-refractivity contribution < 1.29 is 4.79 Å². The number of carbonyl (C=O) groups is 1. The topological polar surface area (TPSA) is 49.3 Å². The summed E-state index contributed by atoms with van der Waals surface area (Å²) >= 11 is 0. The van der Waals surface area contributed by atoms with E-state index >= 15 is 0 Å². The van der Waals surface area contributed by atoms with Crippen LogP contribution in [0.4, 0.5) is 17.1 Å². The molecule has 4 aromatic rings. The second-order valence-corrected chi connectivity index (χ2v) is 8.39. The molecule has 0 aliphatic heterocycles. The monoisotopic (exact) mass is 426 g/mol. The summed E-state index contributed by atoms with van der Waals surface area (Å²) in [5.74, 6) is -0.124. The standard InChI is InChI=1S/C27H30N4O/c1-20-17-22-19-25(13-14-26(22)31(20)16-8-15-30(2)3)28-24-12-7-9-21(18-24)27(32)29-23-10-5-4-6-11-23/h4-7,9-14,17-19,28H,8,15-16H2,1-3H3,(H,29,32). The van der Waals surface area contributed by atoms with Crippen LogP contribution in [0.15, 0.2) is 78.9 Å². The molecule has 0 fully saturated rings. The summed E-state index contributed by atoms with van der Waals surface area (Å²) in [4.78, 5) is 14.8. The second kappa shape index (κ2) is 9.71. The maximum absolute atomic E-state index is 12.6. The number of hydrogen-bond acceptors (Lipinski definition) is 3. The van der Waals surface area contributed by atoms with Crippen LogP contribution in [-0.4, -0.2) is 36.0 Å². The lowest BCUT2D eigenvalue weighted by Crippen LogP contribution is -2.15. The summed E-state index contributed by atoms with van der Waals surface area (Å²) < 4.78 is 2.39. The van der Waals surface area contributed by atoms with E-state index in [0.29, 0.717) is 5.56 Å². The van der Waals surface area contributed by atoms with E-state index in [4.69, 9.17) is 0 Å². The molecule has 0 atom stereocenters. The number of carbonyl (C=O) groups excluding carboxylic acids is 1. The Labute approximate surface area is 189 Å². The number of amides is 1. The molecule has 3 aromatic carbocycles. The van der Waals surface area contributed by atoms with Gasteiger partial charge in [-0.25, -0.2) is 0 Å². The van der Waals surface area contributed by atoms with Gasteiger partial charge in [0.15, 0.2) is 0 Å². The molecule has 0 spiro atoms. The minimum absolute atomic E-state index is 0.124. The Kier molecular flexibility index (Phi) is 6.57. The molecular formula is C27H30N4O. The molecule has 0 saturated heterocycles. The number of nitrogens with zero attached hydrogens (tertiary/aromatic N) is 2. The van der Waals surface area contributed by atoms with Crippen molar-refractivity contribution in [1.82, 2.24) is 9.47 Å². The Morgan fingerprint density at radius 1 is 0.875 bits per heavy atom. The Morgan fingerprint density at radius 3 is 2.41 bits per heavy atom. The first-order chi connectivity index (χ1) is 15.5. The largest absolute Gasteiger partial charge is 0.355 e. The van der Waals surface area contributed by atoms with Gasteiger partial charge in [-0.1, -0.05) is 24.3 Å². The van der Waals surface area contributed by atoms with E-state index in [1.165, 1.54) is 16.6 Å². The molecule has 2 N–H and O–H groups in total. The maximum atomic E-state index is 12.6. The van der Waals surface area contributed by atoms with Crippen molar-refractivity contribution in [1.29, 1.82) is 0 Å². The van der Waals surface area contributed by atoms with E-state index in [1.54, 1.807) is 0 Å². The first kappa shape index (κ1) is 21.7. The van der Waals surface area contributed by atoms with Gasteiger partial charge in [-0.15, -0.1) is 0 Å².